The van der Waals surface area contributed by atoms with Gasteiger partial charge in [0.15, 0.2) is 17.3 Å². The number of carbonyl (C=O) groups is 2. The van der Waals surface area contributed by atoms with Crippen molar-refractivity contribution in [2.45, 2.75) is 0 Å². The summed E-state index contributed by atoms with van der Waals surface area (Å²) in [7, 11) is 1.55. The lowest BCUT2D eigenvalue weighted by Crippen LogP contribution is -2.08. The number of ether oxygens (including phenoxy) is 5. The second-order valence-electron chi connectivity index (χ2n) is 6.83. The molecular formula is C24H16O7. The number of fused-ring (bicyclic) bond motifs is 2. The first-order valence-corrected chi connectivity index (χ1v) is 9.45. The zero-order chi connectivity index (χ0) is 21.4. The Kier molecular flexibility index (Phi) is 4.55. The molecule has 5 rings (SSSR count). The van der Waals surface area contributed by atoms with Gasteiger partial charge in [-0.3, -0.25) is 4.79 Å². The van der Waals surface area contributed by atoms with Crippen molar-refractivity contribution < 1.29 is 33.3 Å². The van der Waals surface area contributed by atoms with E-state index in [-0.39, 0.29) is 18.3 Å². The van der Waals surface area contributed by atoms with Crippen molar-refractivity contribution in [1.29, 1.82) is 0 Å². The third-order valence-electron chi connectivity index (χ3n) is 4.85. The van der Waals surface area contributed by atoms with E-state index in [1.165, 1.54) is 0 Å². The summed E-state index contributed by atoms with van der Waals surface area (Å²) in [5.41, 5.74) is 1.46. The number of hydrogen-bond donors (Lipinski definition) is 0. The van der Waals surface area contributed by atoms with Crippen LogP contribution in [0.25, 0.3) is 6.08 Å². The summed E-state index contributed by atoms with van der Waals surface area (Å²) in [5.74, 6) is 1.90. The van der Waals surface area contributed by atoms with Crippen LogP contribution in [-0.4, -0.2) is 25.7 Å². The average Bonchev–Trinajstić information content (AvgIpc) is 3.37. The molecule has 0 aromatic heterocycles. The Morgan fingerprint density at radius 1 is 0.935 bits per heavy atom. The van der Waals surface area contributed by atoms with E-state index in [4.69, 9.17) is 23.7 Å². The van der Waals surface area contributed by atoms with Crippen molar-refractivity contribution in [2.24, 2.45) is 0 Å². The van der Waals surface area contributed by atoms with Crippen LogP contribution in [-0.2, 0) is 0 Å². The number of allylic oxidation sites excluding steroid dienone is 1. The highest BCUT2D eigenvalue weighted by Gasteiger charge is 2.27. The topological polar surface area (TPSA) is 80.3 Å². The molecule has 0 spiro atoms. The summed E-state index contributed by atoms with van der Waals surface area (Å²) in [6.45, 7) is 0.127. The molecule has 0 bridgehead atoms. The minimum Gasteiger partial charge on any atom is -0.497 e. The summed E-state index contributed by atoms with van der Waals surface area (Å²) in [6.07, 6.45) is 1.60. The summed E-state index contributed by atoms with van der Waals surface area (Å²) in [4.78, 5) is 25.1. The second-order valence-corrected chi connectivity index (χ2v) is 6.83. The lowest BCUT2D eigenvalue weighted by Gasteiger charge is -2.06. The molecule has 0 amide bonds. The van der Waals surface area contributed by atoms with Crippen LogP contribution in [0.2, 0.25) is 0 Å². The van der Waals surface area contributed by atoms with E-state index in [1.807, 2.05) is 0 Å². The number of methoxy groups -OCH3 is 1. The normalized spacial score (nSPS) is 14.9. The van der Waals surface area contributed by atoms with Crippen molar-refractivity contribution in [3.05, 3.63) is 83.1 Å². The molecule has 31 heavy (non-hydrogen) atoms. The average molecular weight is 416 g/mol. The van der Waals surface area contributed by atoms with Gasteiger partial charge in [0.2, 0.25) is 12.6 Å². The molecule has 2 aliphatic heterocycles. The minimum absolute atomic E-state index is 0.127. The second kappa shape index (κ2) is 7.53. The van der Waals surface area contributed by atoms with E-state index >= 15 is 0 Å². The first-order valence-electron chi connectivity index (χ1n) is 9.45. The molecule has 3 aromatic rings. The maximum absolute atomic E-state index is 12.6. The highest BCUT2D eigenvalue weighted by Crippen LogP contribution is 2.35. The standard InChI is InChI=1S/C24H16O7/c1-27-16-6-7-18-20(12-16)31-22(23(18)25)10-14-3-2-4-17(9-14)30-24(26)15-5-8-19-21(11-15)29-13-28-19/h2-12H,13H2,1H3/b22-10-. The molecule has 0 fully saturated rings. The lowest BCUT2D eigenvalue weighted by atomic mass is 10.1. The quantitative estimate of drug-likeness (QED) is 0.357. The van der Waals surface area contributed by atoms with Crippen molar-refractivity contribution in [3.8, 4) is 28.7 Å². The number of rotatable bonds is 4. The van der Waals surface area contributed by atoms with Gasteiger partial charge in [-0.15, -0.1) is 0 Å². The number of esters is 1. The Bertz CT molecular complexity index is 1240. The monoisotopic (exact) mass is 416 g/mol. The van der Waals surface area contributed by atoms with Gasteiger partial charge < -0.3 is 23.7 Å². The summed E-state index contributed by atoms with van der Waals surface area (Å²) < 4.78 is 26.9. The van der Waals surface area contributed by atoms with Crippen LogP contribution in [0.1, 0.15) is 26.3 Å². The zero-order valence-corrected chi connectivity index (χ0v) is 16.4. The van der Waals surface area contributed by atoms with Crippen molar-refractivity contribution in [2.75, 3.05) is 13.9 Å². The highest BCUT2D eigenvalue weighted by atomic mass is 16.7. The number of hydrogen-bond acceptors (Lipinski definition) is 7. The molecular weight excluding hydrogens is 400 g/mol. The van der Waals surface area contributed by atoms with Crippen LogP contribution in [0.5, 0.6) is 28.7 Å². The van der Waals surface area contributed by atoms with E-state index in [2.05, 4.69) is 0 Å². The van der Waals surface area contributed by atoms with Crippen LogP contribution >= 0.6 is 0 Å². The SMILES string of the molecule is COc1ccc2c(c1)O/C(=C\c1cccc(OC(=O)c3ccc4c(c3)OCO4)c1)C2=O. The Labute approximate surface area is 177 Å². The maximum atomic E-state index is 12.6. The van der Waals surface area contributed by atoms with E-state index < -0.39 is 5.97 Å². The molecule has 0 unspecified atom stereocenters. The molecule has 0 aliphatic carbocycles. The smallest absolute Gasteiger partial charge is 0.343 e. The molecule has 154 valence electrons. The fourth-order valence-corrected chi connectivity index (χ4v) is 3.30. The summed E-state index contributed by atoms with van der Waals surface area (Å²) in [5, 5.41) is 0. The maximum Gasteiger partial charge on any atom is 0.343 e. The Morgan fingerprint density at radius 3 is 2.68 bits per heavy atom. The van der Waals surface area contributed by atoms with E-state index in [9.17, 15) is 9.59 Å². The van der Waals surface area contributed by atoms with Gasteiger partial charge in [-0.2, -0.15) is 0 Å². The predicted octanol–water partition coefficient (Wildman–Crippen LogP) is 4.26. The highest BCUT2D eigenvalue weighted by molar-refractivity contribution is 6.14. The third-order valence-corrected chi connectivity index (χ3v) is 4.85. The van der Waals surface area contributed by atoms with Crippen LogP contribution in [0, 0.1) is 0 Å². The van der Waals surface area contributed by atoms with Crippen LogP contribution in [0.15, 0.2) is 66.4 Å². The molecule has 3 aromatic carbocycles. The van der Waals surface area contributed by atoms with Gasteiger partial charge in [-0.25, -0.2) is 4.79 Å². The number of benzene rings is 3. The molecule has 7 heteroatoms. The summed E-state index contributed by atoms with van der Waals surface area (Å²) >= 11 is 0. The number of Topliss-reactive ketones (excluding diaryl/α,β-unsaturated/α-hetero) is 1. The van der Waals surface area contributed by atoms with Gasteiger partial charge >= 0.3 is 5.97 Å². The predicted molar refractivity (Wildman–Crippen MR) is 110 cm³/mol. The molecule has 2 aliphatic rings. The third kappa shape index (κ3) is 3.57. The van der Waals surface area contributed by atoms with Gasteiger partial charge in [0, 0.05) is 6.07 Å². The molecule has 0 radical (unpaired) electrons. The molecule has 0 saturated carbocycles. The van der Waals surface area contributed by atoms with Crippen LogP contribution < -0.4 is 23.7 Å². The molecule has 0 saturated heterocycles. The molecule has 0 N–H and O–H groups in total. The molecule has 0 atom stereocenters. The fraction of sp³-hybridized carbons (Fsp3) is 0.0833. The van der Waals surface area contributed by atoms with Gasteiger partial charge in [-0.05, 0) is 54.1 Å². The van der Waals surface area contributed by atoms with Crippen molar-refractivity contribution in [3.63, 3.8) is 0 Å². The Balaban J connectivity index is 1.35. The fourth-order valence-electron chi connectivity index (χ4n) is 3.30. The Hall–Kier alpha value is -4.26. The van der Waals surface area contributed by atoms with Gasteiger partial charge in [0.1, 0.15) is 17.2 Å². The van der Waals surface area contributed by atoms with Gasteiger partial charge in [0.05, 0.1) is 18.2 Å². The number of ketones is 1. The minimum atomic E-state index is -0.532. The zero-order valence-electron chi connectivity index (χ0n) is 16.4. The lowest BCUT2D eigenvalue weighted by molar-refractivity contribution is 0.0734. The van der Waals surface area contributed by atoms with Gasteiger partial charge in [0.25, 0.3) is 0 Å². The molecule has 2 heterocycles. The van der Waals surface area contributed by atoms with E-state index in [0.29, 0.717) is 45.4 Å². The van der Waals surface area contributed by atoms with E-state index in [1.54, 1.807) is 73.8 Å². The van der Waals surface area contributed by atoms with Crippen molar-refractivity contribution >= 4 is 17.8 Å². The summed E-state index contributed by atoms with van der Waals surface area (Å²) in [6, 6.07) is 16.7. The van der Waals surface area contributed by atoms with Crippen molar-refractivity contribution in [1.82, 2.24) is 0 Å². The Morgan fingerprint density at radius 2 is 1.81 bits per heavy atom. The van der Waals surface area contributed by atoms with E-state index in [0.717, 1.165) is 0 Å². The van der Waals surface area contributed by atoms with Gasteiger partial charge in [-0.1, -0.05) is 12.1 Å². The van der Waals surface area contributed by atoms with Crippen LogP contribution in [0.4, 0.5) is 0 Å². The first kappa shape index (κ1) is 18.7. The first-order chi connectivity index (χ1) is 15.1. The number of carbonyl (C=O) groups excluding carboxylic acids is 2. The van der Waals surface area contributed by atoms with Crippen LogP contribution in [0.3, 0.4) is 0 Å². The largest absolute Gasteiger partial charge is 0.497 e. The molecule has 7 nitrogen and oxygen atoms in total.